The second kappa shape index (κ2) is 17.0. The molecule has 0 aliphatic carbocycles. The third-order valence-electron chi connectivity index (χ3n) is 8.46. The average molecular weight is 650 g/mol. The van der Waals surface area contributed by atoms with Crippen LogP contribution in [0.25, 0.3) is 10.8 Å². The van der Waals surface area contributed by atoms with Gasteiger partial charge in [0.05, 0.1) is 6.04 Å². The van der Waals surface area contributed by atoms with Gasteiger partial charge in [-0.25, -0.2) is 0 Å². The summed E-state index contributed by atoms with van der Waals surface area (Å²) in [5.41, 5.74) is 1.09. The molecule has 2 aromatic carbocycles. The molecule has 0 unspecified atom stereocenters. The number of carbonyl (C=O) groups excluding carboxylic acids is 4. The van der Waals surface area contributed by atoms with Crippen LogP contribution in [0.1, 0.15) is 67.8 Å². The highest BCUT2D eigenvalue weighted by Gasteiger charge is 2.34. The molecule has 254 valence electrons. The van der Waals surface area contributed by atoms with E-state index in [0.717, 1.165) is 22.8 Å². The molecule has 47 heavy (non-hydrogen) atoms. The molecule has 0 bridgehead atoms. The highest BCUT2D eigenvalue weighted by atomic mass is 16.7. The van der Waals surface area contributed by atoms with Crippen LogP contribution in [0.4, 0.5) is 0 Å². The number of aromatic nitrogens is 1. The van der Waals surface area contributed by atoms with Gasteiger partial charge in [0.1, 0.15) is 17.8 Å². The number of fused-ring (bicyclic) bond motifs is 1. The quantitative estimate of drug-likeness (QED) is 0.172. The van der Waals surface area contributed by atoms with Crippen LogP contribution in [-0.2, 0) is 30.3 Å². The van der Waals surface area contributed by atoms with E-state index < -0.39 is 42.1 Å². The third kappa shape index (κ3) is 9.85. The molecule has 1 aliphatic rings. The van der Waals surface area contributed by atoms with Gasteiger partial charge in [0.2, 0.25) is 17.7 Å². The van der Waals surface area contributed by atoms with Crippen molar-refractivity contribution in [3.63, 3.8) is 0 Å². The standard InChI is InChI=1S/C35H47N5O7/c1-21(2)18-28(33(43)39-30(35(45-4)46-5)20-25-13-9-17-36-31(25)41)38-32(42)27(37-34(44)29-19-22(3)47-40-29)16-15-24-12-8-11-23-10-6-7-14-26(23)24/h6-8,10-12,14,19,21,25,27-28,30,35H,9,13,15-18,20H2,1-5H3,(H,36,41)(H,37,44)(H,38,42)(H,39,43)/t25-,27-,28-,30-/m0/s1. The van der Waals surface area contributed by atoms with Crippen molar-refractivity contribution in [2.24, 2.45) is 11.8 Å². The second-order valence-electron chi connectivity index (χ2n) is 12.5. The molecule has 4 atom stereocenters. The molecule has 3 aromatic rings. The number of piperidine rings is 1. The van der Waals surface area contributed by atoms with E-state index in [1.54, 1.807) is 6.92 Å². The number of ether oxygens (including phenoxy) is 2. The van der Waals surface area contributed by atoms with Gasteiger partial charge < -0.3 is 35.3 Å². The molecular formula is C35H47N5O7. The predicted octanol–water partition coefficient (Wildman–Crippen LogP) is 3.42. The number of nitrogens with one attached hydrogen (secondary N) is 4. The minimum Gasteiger partial charge on any atom is -0.361 e. The van der Waals surface area contributed by atoms with Crippen LogP contribution in [0.5, 0.6) is 0 Å². The number of hydrogen-bond donors (Lipinski definition) is 4. The lowest BCUT2D eigenvalue weighted by atomic mass is 9.91. The molecule has 1 saturated heterocycles. The number of aryl methyl sites for hydroxylation is 2. The van der Waals surface area contributed by atoms with Crippen molar-refractivity contribution in [2.45, 2.75) is 83.7 Å². The Morgan fingerprint density at radius 2 is 1.72 bits per heavy atom. The van der Waals surface area contributed by atoms with E-state index in [9.17, 15) is 19.2 Å². The van der Waals surface area contributed by atoms with Gasteiger partial charge in [-0.15, -0.1) is 0 Å². The van der Waals surface area contributed by atoms with Gasteiger partial charge in [0.15, 0.2) is 12.0 Å². The first kappa shape index (κ1) is 35.6. The van der Waals surface area contributed by atoms with E-state index in [0.29, 0.717) is 38.0 Å². The molecule has 4 N–H and O–H groups in total. The van der Waals surface area contributed by atoms with Crippen LogP contribution in [0.15, 0.2) is 53.1 Å². The van der Waals surface area contributed by atoms with Crippen LogP contribution in [0.2, 0.25) is 0 Å². The second-order valence-corrected chi connectivity index (χ2v) is 12.5. The van der Waals surface area contributed by atoms with Crippen molar-refractivity contribution in [1.29, 1.82) is 0 Å². The average Bonchev–Trinajstić information content (AvgIpc) is 3.50. The zero-order chi connectivity index (χ0) is 33.9. The Morgan fingerprint density at radius 3 is 2.40 bits per heavy atom. The van der Waals surface area contributed by atoms with Crippen molar-refractivity contribution in [3.8, 4) is 0 Å². The highest BCUT2D eigenvalue weighted by Crippen LogP contribution is 2.22. The number of nitrogens with zero attached hydrogens (tertiary/aromatic N) is 1. The van der Waals surface area contributed by atoms with Gasteiger partial charge in [-0.3, -0.25) is 19.2 Å². The molecule has 12 heteroatoms. The van der Waals surface area contributed by atoms with E-state index in [1.165, 1.54) is 20.3 Å². The van der Waals surface area contributed by atoms with Crippen molar-refractivity contribution in [2.75, 3.05) is 20.8 Å². The van der Waals surface area contributed by atoms with Crippen LogP contribution in [0.3, 0.4) is 0 Å². The summed E-state index contributed by atoms with van der Waals surface area (Å²) in [6, 6.07) is 12.9. The minimum absolute atomic E-state index is 0.0519. The van der Waals surface area contributed by atoms with Gasteiger partial charge in [-0.05, 0) is 67.7 Å². The Kier molecular flexibility index (Phi) is 12.9. The van der Waals surface area contributed by atoms with E-state index in [1.807, 2.05) is 56.3 Å². The van der Waals surface area contributed by atoms with Crippen molar-refractivity contribution < 1.29 is 33.2 Å². The van der Waals surface area contributed by atoms with Gasteiger partial charge in [0.25, 0.3) is 5.91 Å². The first-order valence-corrected chi connectivity index (χ1v) is 16.2. The molecule has 4 rings (SSSR count). The molecule has 12 nitrogen and oxygen atoms in total. The summed E-state index contributed by atoms with van der Waals surface area (Å²) in [4.78, 5) is 53.4. The van der Waals surface area contributed by atoms with E-state index in [-0.39, 0.29) is 29.9 Å². The summed E-state index contributed by atoms with van der Waals surface area (Å²) in [7, 11) is 2.95. The Hall–Kier alpha value is -4.29. The van der Waals surface area contributed by atoms with E-state index in [2.05, 4.69) is 26.4 Å². The fourth-order valence-corrected chi connectivity index (χ4v) is 6.07. The lowest BCUT2D eigenvalue weighted by Crippen LogP contribution is -2.57. The van der Waals surface area contributed by atoms with Gasteiger partial charge in [0, 0.05) is 32.7 Å². The molecule has 1 aromatic heterocycles. The molecule has 0 radical (unpaired) electrons. The van der Waals surface area contributed by atoms with Crippen LogP contribution >= 0.6 is 0 Å². The SMILES string of the molecule is COC(OC)[C@H](C[C@@H]1CCCNC1=O)NC(=O)[C@H](CC(C)C)NC(=O)[C@H](CCc1cccc2ccccc12)NC(=O)c1cc(C)on1. The van der Waals surface area contributed by atoms with E-state index >= 15 is 0 Å². The maximum atomic E-state index is 13.9. The van der Waals surface area contributed by atoms with Gasteiger partial charge >= 0.3 is 0 Å². The molecule has 1 fully saturated rings. The lowest BCUT2D eigenvalue weighted by Gasteiger charge is -2.32. The molecule has 2 heterocycles. The first-order chi connectivity index (χ1) is 22.6. The van der Waals surface area contributed by atoms with Crippen molar-refractivity contribution in [1.82, 2.24) is 26.4 Å². The number of methoxy groups -OCH3 is 2. The normalized spacial score (nSPS) is 16.8. The topological polar surface area (TPSA) is 161 Å². The van der Waals surface area contributed by atoms with Crippen molar-refractivity contribution in [3.05, 3.63) is 65.5 Å². The Labute approximate surface area is 275 Å². The van der Waals surface area contributed by atoms with Crippen LogP contribution in [-0.4, -0.2) is 74.0 Å². The monoisotopic (exact) mass is 649 g/mol. The highest BCUT2D eigenvalue weighted by molar-refractivity contribution is 5.97. The minimum atomic E-state index is -0.978. The summed E-state index contributed by atoms with van der Waals surface area (Å²) in [6.45, 7) is 6.21. The van der Waals surface area contributed by atoms with E-state index in [4.69, 9.17) is 14.0 Å². The van der Waals surface area contributed by atoms with Gasteiger partial charge in [-0.2, -0.15) is 0 Å². The zero-order valence-electron chi connectivity index (χ0n) is 27.8. The number of benzene rings is 2. The summed E-state index contributed by atoms with van der Waals surface area (Å²) < 4.78 is 16.1. The number of amides is 4. The molecular weight excluding hydrogens is 602 g/mol. The smallest absolute Gasteiger partial charge is 0.274 e. The Bertz CT molecular complexity index is 1510. The molecule has 0 spiro atoms. The summed E-state index contributed by atoms with van der Waals surface area (Å²) in [6.07, 6.45) is 2.14. The number of carbonyl (C=O) groups is 4. The largest absolute Gasteiger partial charge is 0.361 e. The first-order valence-electron chi connectivity index (χ1n) is 16.2. The summed E-state index contributed by atoms with van der Waals surface area (Å²) in [5, 5.41) is 17.5. The molecule has 0 saturated carbocycles. The fourth-order valence-electron chi connectivity index (χ4n) is 6.07. The number of rotatable bonds is 16. The number of hydrogen-bond acceptors (Lipinski definition) is 8. The molecule has 4 amide bonds. The zero-order valence-corrected chi connectivity index (χ0v) is 27.8. The van der Waals surface area contributed by atoms with Crippen LogP contribution < -0.4 is 21.3 Å². The van der Waals surface area contributed by atoms with Gasteiger partial charge in [-0.1, -0.05) is 61.5 Å². The third-order valence-corrected chi connectivity index (χ3v) is 8.46. The maximum Gasteiger partial charge on any atom is 0.274 e. The summed E-state index contributed by atoms with van der Waals surface area (Å²) in [5.74, 6) is -1.35. The molecule has 1 aliphatic heterocycles. The van der Waals surface area contributed by atoms with Crippen LogP contribution in [0, 0.1) is 18.8 Å². The fraction of sp³-hybridized carbons (Fsp3) is 0.514. The van der Waals surface area contributed by atoms with Crippen molar-refractivity contribution >= 4 is 34.4 Å². The maximum absolute atomic E-state index is 13.9. The summed E-state index contributed by atoms with van der Waals surface area (Å²) >= 11 is 0. The lowest BCUT2D eigenvalue weighted by molar-refractivity contribution is -0.145. The Morgan fingerprint density at radius 1 is 1.00 bits per heavy atom. The Balaban J connectivity index is 1.54. The predicted molar refractivity (Wildman–Crippen MR) is 176 cm³/mol.